The summed E-state index contributed by atoms with van der Waals surface area (Å²) < 4.78 is 0.726. The summed E-state index contributed by atoms with van der Waals surface area (Å²) in [5.74, 6) is -0.0323. The second-order valence-electron chi connectivity index (χ2n) is 3.36. The first-order valence-electron chi connectivity index (χ1n) is 4.51. The van der Waals surface area contributed by atoms with Crippen LogP contribution in [0, 0.1) is 0 Å². The summed E-state index contributed by atoms with van der Waals surface area (Å²) in [6.45, 7) is 0.185. The highest BCUT2D eigenvalue weighted by molar-refractivity contribution is 9.10. The second kappa shape index (κ2) is 5.75. The van der Waals surface area contributed by atoms with Crippen LogP contribution in [0.15, 0.2) is 16.6 Å². The van der Waals surface area contributed by atoms with Gasteiger partial charge in [0.2, 0.25) is 5.91 Å². The molecule has 0 saturated heterocycles. The van der Waals surface area contributed by atoms with Crippen LogP contribution in [0.4, 0.5) is 5.69 Å². The van der Waals surface area contributed by atoms with Crippen molar-refractivity contribution in [3.8, 4) is 0 Å². The van der Waals surface area contributed by atoms with Crippen molar-refractivity contribution in [2.24, 2.45) is 0 Å². The maximum atomic E-state index is 11.4. The van der Waals surface area contributed by atoms with E-state index >= 15 is 0 Å². The quantitative estimate of drug-likeness (QED) is 0.865. The maximum absolute atomic E-state index is 11.4. The van der Waals surface area contributed by atoms with Gasteiger partial charge >= 0.3 is 0 Å². The van der Waals surface area contributed by atoms with Crippen LogP contribution in [-0.2, 0) is 4.79 Å². The number of hydrogen-bond donors (Lipinski definition) is 1. The van der Waals surface area contributed by atoms with E-state index in [4.69, 9.17) is 23.2 Å². The lowest BCUT2D eigenvalue weighted by Crippen LogP contribution is -2.28. The number of nitrogens with one attached hydrogen (secondary N) is 1. The number of carbonyl (C=O) groups excluding carboxylic acids is 1. The first kappa shape index (κ1) is 13.6. The lowest BCUT2D eigenvalue weighted by Gasteiger charge is -2.13. The zero-order valence-electron chi connectivity index (χ0n) is 8.85. The number of carbonyl (C=O) groups is 1. The van der Waals surface area contributed by atoms with Crippen LogP contribution in [-0.4, -0.2) is 31.4 Å². The molecule has 3 nitrogen and oxygen atoms in total. The molecule has 0 saturated carbocycles. The highest BCUT2D eigenvalue weighted by Gasteiger charge is 2.10. The molecule has 0 radical (unpaired) electrons. The molecule has 0 aliphatic carbocycles. The maximum Gasteiger partial charge on any atom is 0.241 e. The molecular formula is C10H11BrCl2N2O. The van der Waals surface area contributed by atoms with Crippen LogP contribution < -0.4 is 5.32 Å². The SMILES string of the molecule is CN(C)C(=O)CNc1ccc(Br)c(Cl)c1Cl. The normalized spacial score (nSPS) is 10.1. The fourth-order valence-corrected chi connectivity index (χ4v) is 1.83. The van der Waals surface area contributed by atoms with Gasteiger partial charge < -0.3 is 10.2 Å². The smallest absolute Gasteiger partial charge is 0.241 e. The van der Waals surface area contributed by atoms with Gasteiger partial charge in [-0.2, -0.15) is 0 Å². The molecule has 1 rings (SSSR count). The van der Waals surface area contributed by atoms with Crippen molar-refractivity contribution in [1.29, 1.82) is 0 Å². The minimum atomic E-state index is -0.0323. The van der Waals surface area contributed by atoms with Crippen molar-refractivity contribution in [3.05, 3.63) is 26.7 Å². The number of anilines is 1. The van der Waals surface area contributed by atoms with Gasteiger partial charge in [0.25, 0.3) is 0 Å². The number of halogens is 3. The predicted octanol–water partition coefficient (Wildman–Crippen LogP) is 3.26. The fourth-order valence-electron chi connectivity index (χ4n) is 0.991. The molecule has 0 unspecified atom stereocenters. The molecule has 0 aliphatic rings. The monoisotopic (exact) mass is 324 g/mol. The van der Waals surface area contributed by atoms with Crippen molar-refractivity contribution in [3.63, 3.8) is 0 Å². The van der Waals surface area contributed by atoms with Gasteiger partial charge in [-0.05, 0) is 28.1 Å². The number of hydrogen-bond acceptors (Lipinski definition) is 2. The Morgan fingerprint density at radius 3 is 2.56 bits per heavy atom. The molecule has 0 aromatic heterocycles. The van der Waals surface area contributed by atoms with Gasteiger partial charge in [0.05, 0.1) is 22.3 Å². The van der Waals surface area contributed by atoms with Crippen molar-refractivity contribution < 1.29 is 4.79 Å². The first-order chi connectivity index (χ1) is 7.43. The van der Waals surface area contributed by atoms with Gasteiger partial charge in [0.15, 0.2) is 0 Å². The summed E-state index contributed by atoms with van der Waals surface area (Å²) in [5, 5.41) is 3.77. The van der Waals surface area contributed by atoms with Crippen LogP contribution in [0.5, 0.6) is 0 Å². The Bertz CT molecular complexity index is 410. The minimum Gasteiger partial charge on any atom is -0.375 e. The van der Waals surface area contributed by atoms with Crippen molar-refractivity contribution >= 4 is 50.7 Å². The van der Waals surface area contributed by atoms with E-state index in [1.54, 1.807) is 26.2 Å². The Kier molecular flexibility index (Phi) is 4.89. The van der Waals surface area contributed by atoms with E-state index in [0.717, 1.165) is 4.47 Å². The number of amides is 1. The summed E-state index contributed by atoms with van der Waals surface area (Å²) in [6, 6.07) is 3.54. The fraction of sp³-hybridized carbons (Fsp3) is 0.300. The average Bonchev–Trinajstić information content (AvgIpc) is 2.24. The highest BCUT2D eigenvalue weighted by atomic mass is 79.9. The zero-order valence-corrected chi connectivity index (χ0v) is 11.9. The molecule has 88 valence electrons. The number of rotatable bonds is 3. The lowest BCUT2D eigenvalue weighted by molar-refractivity contribution is -0.126. The van der Waals surface area contributed by atoms with Gasteiger partial charge in [-0.3, -0.25) is 4.79 Å². The average molecular weight is 326 g/mol. The Hall–Kier alpha value is -0.450. The number of nitrogens with zero attached hydrogens (tertiary/aromatic N) is 1. The largest absolute Gasteiger partial charge is 0.375 e. The summed E-state index contributed by atoms with van der Waals surface area (Å²) in [6.07, 6.45) is 0. The minimum absolute atomic E-state index is 0.0323. The molecule has 0 bridgehead atoms. The standard InChI is InChI=1S/C10H11BrCl2N2O/c1-15(2)8(16)5-14-7-4-3-6(11)9(12)10(7)13/h3-4,14H,5H2,1-2H3. The van der Waals surface area contributed by atoms with E-state index in [1.165, 1.54) is 4.90 Å². The molecule has 1 N–H and O–H groups in total. The summed E-state index contributed by atoms with van der Waals surface area (Å²) in [7, 11) is 3.39. The van der Waals surface area contributed by atoms with Crippen LogP contribution >= 0.6 is 39.1 Å². The molecule has 1 aromatic carbocycles. The molecule has 0 atom stereocenters. The molecule has 1 aromatic rings. The van der Waals surface area contributed by atoms with Crippen molar-refractivity contribution in [2.75, 3.05) is 26.0 Å². The van der Waals surface area contributed by atoms with Gasteiger partial charge in [-0.15, -0.1) is 0 Å². The lowest BCUT2D eigenvalue weighted by atomic mass is 10.3. The van der Waals surface area contributed by atoms with Crippen LogP contribution in [0.1, 0.15) is 0 Å². The van der Waals surface area contributed by atoms with Gasteiger partial charge in [0, 0.05) is 18.6 Å². The molecule has 1 amide bonds. The van der Waals surface area contributed by atoms with E-state index < -0.39 is 0 Å². The third-order valence-electron chi connectivity index (χ3n) is 1.96. The summed E-state index contributed by atoms with van der Waals surface area (Å²) in [4.78, 5) is 12.9. The van der Waals surface area contributed by atoms with Gasteiger partial charge in [-0.25, -0.2) is 0 Å². The van der Waals surface area contributed by atoms with E-state index in [-0.39, 0.29) is 12.5 Å². The molecule has 6 heteroatoms. The van der Waals surface area contributed by atoms with Crippen LogP contribution in [0.3, 0.4) is 0 Å². The molecule has 0 spiro atoms. The van der Waals surface area contributed by atoms with Crippen molar-refractivity contribution in [1.82, 2.24) is 4.90 Å². The molecule has 16 heavy (non-hydrogen) atoms. The third kappa shape index (κ3) is 3.27. The molecule has 0 aliphatic heterocycles. The second-order valence-corrected chi connectivity index (χ2v) is 4.97. The van der Waals surface area contributed by atoms with E-state index in [1.807, 2.05) is 0 Å². The van der Waals surface area contributed by atoms with E-state index in [2.05, 4.69) is 21.2 Å². The first-order valence-corrected chi connectivity index (χ1v) is 6.06. The zero-order chi connectivity index (χ0) is 12.3. The molecular weight excluding hydrogens is 315 g/mol. The van der Waals surface area contributed by atoms with Crippen LogP contribution in [0.2, 0.25) is 10.0 Å². The Labute approximate surface area is 113 Å². The van der Waals surface area contributed by atoms with E-state index in [0.29, 0.717) is 15.7 Å². The van der Waals surface area contributed by atoms with Crippen LogP contribution in [0.25, 0.3) is 0 Å². The topological polar surface area (TPSA) is 32.3 Å². The van der Waals surface area contributed by atoms with Gasteiger partial charge in [0.1, 0.15) is 0 Å². The third-order valence-corrected chi connectivity index (χ3v) is 3.74. The molecule has 0 heterocycles. The Morgan fingerprint density at radius 1 is 1.38 bits per heavy atom. The predicted molar refractivity (Wildman–Crippen MR) is 71.3 cm³/mol. The Balaban J connectivity index is 2.76. The molecule has 0 fully saturated rings. The number of benzene rings is 1. The summed E-state index contributed by atoms with van der Waals surface area (Å²) >= 11 is 15.2. The van der Waals surface area contributed by atoms with E-state index in [9.17, 15) is 4.79 Å². The van der Waals surface area contributed by atoms with Gasteiger partial charge in [-0.1, -0.05) is 23.2 Å². The number of likely N-dealkylation sites (N-methyl/N-ethyl adjacent to an activating group) is 1. The van der Waals surface area contributed by atoms with Crippen molar-refractivity contribution in [2.45, 2.75) is 0 Å². The Morgan fingerprint density at radius 2 is 2.00 bits per heavy atom. The summed E-state index contributed by atoms with van der Waals surface area (Å²) in [5.41, 5.74) is 0.644. The highest BCUT2D eigenvalue weighted by Crippen LogP contribution is 2.35.